The van der Waals surface area contributed by atoms with Crippen LogP contribution in [0.25, 0.3) is 11.5 Å². The van der Waals surface area contributed by atoms with E-state index in [1.165, 1.54) is 0 Å². The fourth-order valence-electron chi connectivity index (χ4n) is 2.35. The Morgan fingerprint density at radius 3 is 2.40 bits per heavy atom. The summed E-state index contributed by atoms with van der Waals surface area (Å²) in [7, 11) is -3.29. The number of rotatable bonds is 6. The Morgan fingerprint density at radius 2 is 1.76 bits per heavy atom. The molecule has 130 valence electrons. The van der Waals surface area contributed by atoms with Crippen LogP contribution < -0.4 is 4.72 Å². The van der Waals surface area contributed by atoms with E-state index in [1.54, 1.807) is 31.2 Å². The lowest BCUT2D eigenvalue weighted by Gasteiger charge is -2.06. The Morgan fingerprint density at radius 1 is 1.08 bits per heavy atom. The molecule has 0 saturated heterocycles. The van der Waals surface area contributed by atoms with Crippen molar-refractivity contribution in [2.75, 3.05) is 10.5 Å². The molecule has 1 aromatic heterocycles. The molecule has 1 heterocycles. The average molecular weight is 357 g/mol. The number of hydrogen-bond acceptors (Lipinski definition) is 5. The summed E-state index contributed by atoms with van der Waals surface area (Å²) in [5.41, 5.74) is 2.35. The number of benzene rings is 2. The number of nitrogens with one attached hydrogen (secondary N) is 1. The highest BCUT2D eigenvalue weighted by atomic mass is 32.2. The third-order valence-corrected chi connectivity index (χ3v) is 5.22. The minimum Gasteiger partial charge on any atom is -0.334 e. The Bertz CT molecular complexity index is 935. The van der Waals surface area contributed by atoms with Crippen LogP contribution in [0.3, 0.4) is 0 Å². The van der Waals surface area contributed by atoms with E-state index in [1.807, 2.05) is 37.3 Å². The van der Waals surface area contributed by atoms with Gasteiger partial charge in [-0.25, -0.2) is 8.42 Å². The minimum atomic E-state index is -3.29. The van der Waals surface area contributed by atoms with E-state index in [0.29, 0.717) is 17.4 Å². The molecule has 0 bridgehead atoms. The van der Waals surface area contributed by atoms with Crippen molar-refractivity contribution in [1.29, 1.82) is 0 Å². The molecule has 2 aromatic carbocycles. The molecular formula is C18H19N3O3S. The van der Waals surface area contributed by atoms with Crippen molar-refractivity contribution in [3.05, 3.63) is 66.0 Å². The third-order valence-electron chi connectivity index (χ3n) is 3.91. The van der Waals surface area contributed by atoms with Crippen molar-refractivity contribution in [3.8, 4) is 11.5 Å². The largest absolute Gasteiger partial charge is 0.334 e. The van der Waals surface area contributed by atoms with Crippen molar-refractivity contribution in [2.45, 2.75) is 19.8 Å². The first-order chi connectivity index (χ1) is 12.0. The van der Waals surface area contributed by atoms with Gasteiger partial charge in [0, 0.05) is 17.2 Å². The molecule has 0 aliphatic carbocycles. The van der Waals surface area contributed by atoms with Gasteiger partial charge in [0.1, 0.15) is 0 Å². The van der Waals surface area contributed by atoms with E-state index in [0.717, 1.165) is 11.1 Å². The van der Waals surface area contributed by atoms with Crippen molar-refractivity contribution in [2.24, 2.45) is 0 Å². The summed E-state index contributed by atoms with van der Waals surface area (Å²) in [6.45, 7) is 3.61. The molecule has 1 atom stereocenters. The lowest BCUT2D eigenvalue weighted by molar-refractivity contribution is 0.420. The predicted octanol–water partition coefficient (Wildman–Crippen LogP) is 3.65. The lowest BCUT2D eigenvalue weighted by Crippen LogP contribution is -2.14. The zero-order valence-corrected chi connectivity index (χ0v) is 14.8. The Labute approximate surface area is 147 Å². The summed E-state index contributed by atoms with van der Waals surface area (Å²) in [5.74, 6) is 1.06. The maximum atomic E-state index is 11.6. The molecule has 3 rings (SSSR count). The van der Waals surface area contributed by atoms with Gasteiger partial charge in [0.15, 0.2) is 5.82 Å². The zero-order chi connectivity index (χ0) is 17.9. The highest BCUT2D eigenvalue weighted by molar-refractivity contribution is 7.92. The van der Waals surface area contributed by atoms with Crippen LogP contribution in [0.5, 0.6) is 0 Å². The maximum Gasteiger partial charge on any atom is 0.257 e. The van der Waals surface area contributed by atoms with Crippen LogP contribution in [-0.2, 0) is 10.0 Å². The standard InChI is InChI=1S/C18H19N3O3S/c1-3-25(22,23)21-16-11-9-15(10-12-16)18-19-17(20-24-18)13(2)14-7-5-4-6-8-14/h4-13,21H,3H2,1-2H3. The second-order valence-electron chi connectivity index (χ2n) is 5.67. The molecule has 0 amide bonds. The van der Waals surface area contributed by atoms with E-state index in [-0.39, 0.29) is 11.7 Å². The summed E-state index contributed by atoms with van der Waals surface area (Å²) in [4.78, 5) is 4.46. The number of aromatic nitrogens is 2. The molecule has 7 heteroatoms. The average Bonchev–Trinajstić information content (AvgIpc) is 3.12. The molecule has 6 nitrogen and oxygen atoms in total. The summed E-state index contributed by atoms with van der Waals surface area (Å²) in [6, 6.07) is 16.8. The van der Waals surface area contributed by atoms with Crippen molar-refractivity contribution in [1.82, 2.24) is 10.1 Å². The molecule has 3 aromatic rings. The van der Waals surface area contributed by atoms with Crippen LogP contribution in [0.1, 0.15) is 31.2 Å². The van der Waals surface area contributed by atoms with Crippen LogP contribution in [0.15, 0.2) is 59.1 Å². The predicted molar refractivity (Wildman–Crippen MR) is 96.8 cm³/mol. The Kier molecular flexibility index (Phi) is 4.85. The Hall–Kier alpha value is -2.67. The van der Waals surface area contributed by atoms with Crippen LogP contribution in [0.2, 0.25) is 0 Å². The summed E-state index contributed by atoms with van der Waals surface area (Å²) in [6.07, 6.45) is 0. The number of sulfonamides is 1. The van der Waals surface area contributed by atoms with Gasteiger partial charge in [-0.15, -0.1) is 0 Å². The van der Waals surface area contributed by atoms with Gasteiger partial charge in [0.25, 0.3) is 5.89 Å². The van der Waals surface area contributed by atoms with E-state index < -0.39 is 10.0 Å². The second-order valence-corrected chi connectivity index (χ2v) is 7.68. The smallest absolute Gasteiger partial charge is 0.257 e. The van der Waals surface area contributed by atoms with E-state index in [9.17, 15) is 8.42 Å². The van der Waals surface area contributed by atoms with Gasteiger partial charge in [-0.2, -0.15) is 4.98 Å². The lowest BCUT2D eigenvalue weighted by atomic mass is 10.0. The molecule has 0 fully saturated rings. The van der Waals surface area contributed by atoms with E-state index >= 15 is 0 Å². The van der Waals surface area contributed by atoms with E-state index in [2.05, 4.69) is 14.9 Å². The van der Waals surface area contributed by atoms with Crippen LogP contribution in [-0.4, -0.2) is 24.3 Å². The molecule has 0 aliphatic heterocycles. The summed E-state index contributed by atoms with van der Waals surface area (Å²) < 4.78 is 31.0. The first kappa shape index (κ1) is 17.2. The zero-order valence-electron chi connectivity index (χ0n) is 14.0. The van der Waals surface area contributed by atoms with Gasteiger partial charge in [-0.3, -0.25) is 4.72 Å². The minimum absolute atomic E-state index is 0.0225. The van der Waals surface area contributed by atoms with Crippen LogP contribution in [0, 0.1) is 0 Å². The fraction of sp³-hybridized carbons (Fsp3) is 0.222. The number of hydrogen-bond donors (Lipinski definition) is 1. The number of anilines is 1. The highest BCUT2D eigenvalue weighted by Crippen LogP contribution is 2.25. The second kappa shape index (κ2) is 7.06. The molecule has 0 aliphatic rings. The van der Waals surface area contributed by atoms with Crippen molar-refractivity contribution in [3.63, 3.8) is 0 Å². The molecule has 0 spiro atoms. The molecule has 1 N–H and O–H groups in total. The first-order valence-electron chi connectivity index (χ1n) is 7.98. The van der Waals surface area contributed by atoms with Crippen molar-refractivity contribution < 1.29 is 12.9 Å². The van der Waals surface area contributed by atoms with Gasteiger partial charge in [-0.05, 0) is 36.8 Å². The van der Waals surface area contributed by atoms with Gasteiger partial charge < -0.3 is 4.52 Å². The molecular weight excluding hydrogens is 338 g/mol. The van der Waals surface area contributed by atoms with Crippen molar-refractivity contribution >= 4 is 15.7 Å². The SMILES string of the molecule is CCS(=O)(=O)Nc1ccc(-c2nc(C(C)c3ccccc3)no2)cc1. The van der Waals surface area contributed by atoms with Gasteiger partial charge in [-0.1, -0.05) is 42.4 Å². The van der Waals surface area contributed by atoms with Crippen LogP contribution in [0.4, 0.5) is 5.69 Å². The maximum absolute atomic E-state index is 11.6. The molecule has 0 radical (unpaired) electrons. The molecule has 25 heavy (non-hydrogen) atoms. The van der Waals surface area contributed by atoms with Crippen LogP contribution >= 0.6 is 0 Å². The quantitative estimate of drug-likeness (QED) is 0.728. The highest BCUT2D eigenvalue weighted by Gasteiger charge is 2.16. The fourth-order valence-corrected chi connectivity index (χ4v) is 2.99. The first-order valence-corrected chi connectivity index (χ1v) is 9.63. The normalized spacial score (nSPS) is 12.7. The Balaban J connectivity index is 1.78. The number of nitrogens with zero attached hydrogens (tertiary/aromatic N) is 2. The van der Waals surface area contributed by atoms with E-state index in [4.69, 9.17) is 4.52 Å². The summed E-state index contributed by atoms with van der Waals surface area (Å²) in [5, 5.41) is 4.07. The molecule has 0 saturated carbocycles. The summed E-state index contributed by atoms with van der Waals surface area (Å²) >= 11 is 0. The van der Waals surface area contributed by atoms with Gasteiger partial charge >= 0.3 is 0 Å². The monoisotopic (exact) mass is 357 g/mol. The topological polar surface area (TPSA) is 85.1 Å². The van der Waals surface area contributed by atoms with Gasteiger partial charge in [0.05, 0.1) is 5.75 Å². The third kappa shape index (κ3) is 4.06. The van der Waals surface area contributed by atoms with Gasteiger partial charge in [0.2, 0.25) is 10.0 Å². The molecule has 1 unspecified atom stereocenters.